The van der Waals surface area contributed by atoms with E-state index >= 15 is 0 Å². The number of nitrogens with zero attached hydrogens (tertiary/aromatic N) is 3. The van der Waals surface area contributed by atoms with Crippen LogP contribution in [0.4, 0.5) is 0 Å². The summed E-state index contributed by atoms with van der Waals surface area (Å²) in [4.78, 5) is 19.3. The van der Waals surface area contributed by atoms with Crippen LogP contribution in [0.2, 0.25) is 0 Å². The van der Waals surface area contributed by atoms with Gasteiger partial charge in [0, 0.05) is 19.5 Å². The number of fused-ring (bicyclic) bond motifs is 1. The van der Waals surface area contributed by atoms with Crippen LogP contribution in [0.3, 0.4) is 0 Å². The van der Waals surface area contributed by atoms with Crippen molar-refractivity contribution in [3.8, 4) is 5.75 Å². The van der Waals surface area contributed by atoms with Gasteiger partial charge in [-0.15, -0.1) is 0 Å². The minimum atomic E-state index is 0.0189. The summed E-state index contributed by atoms with van der Waals surface area (Å²) in [6.45, 7) is 2.53. The van der Waals surface area contributed by atoms with E-state index in [1.165, 1.54) is 0 Å². The topological polar surface area (TPSA) is 59.4 Å². The first-order valence-corrected chi connectivity index (χ1v) is 10.1. The first-order chi connectivity index (χ1) is 14.1. The summed E-state index contributed by atoms with van der Waals surface area (Å²) in [6, 6.07) is 15.8. The number of aryl methyl sites for hydroxylation is 1. The lowest BCUT2D eigenvalue weighted by Crippen LogP contribution is -2.28. The van der Waals surface area contributed by atoms with E-state index < -0.39 is 0 Å². The lowest BCUT2D eigenvalue weighted by Gasteiger charge is -2.13. The van der Waals surface area contributed by atoms with Crippen molar-refractivity contribution in [1.82, 2.24) is 19.8 Å². The number of benzene rings is 2. The second kappa shape index (κ2) is 10.1. The van der Waals surface area contributed by atoms with Gasteiger partial charge in [-0.1, -0.05) is 24.3 Å². The molecule has 154 valence electrons. The number of ether oxygens (including phenoxy) is 1. The smallest absolute Gasteiger partial charge is 0.224 e. The maximum absolute atomic E-state index is 12.3. The summed E-state index contributed by atoms with van der Waals surface area (Å²) in [5, 5.41) is 3.02. The van der Waals surface area contributed by atoms with Gasteiger partial charge in [0.1, 0.15) is 11.6 Å². The third-order valence-corrected chi connectivity index (χ3v) is 4.92. The average molecular weight is 395 g/mol. The number of carbonyl (C=O) groups is 1. The largest absolute Gasteiger partial charge is 0.497 e. The number of carbonyl (C=O) groups excluding carboxylic acids is 1. The van der Waals surface area contributed by atoms with Crippen molar-refractivity contribution in [2.24, 2.45) is 0 Å². The van der Waals surface area contributed by atoms with E-state index in [2.05, 4.69) is 34.9 Å². The van der Waals surface area contributed by atoms with E-state index in [1.54, 1.807) is 7.11 Å². The number of amides is 1. The number of imidazole rings is 1. The highest BCUT2D eigenvalue weighted by Crippen LogP contribution is 2.17. The molecule has 3 rings (SSSR count). The van der Waals surface area contributed by atoms with Crippen LogP contribution in [0.25, 0.3) is 11.0 Å². The van der Waals surface area contributed by atoms with Crippen molar-refractivity contribution < 1.29 is 9.53 Å². The molecular formula is C23H30N4O2. The number of para-hydroxylation sites is 2. The number of hydrogen-bond donors (Lipinski definition) is 1. The maximum Gasteiger partial charge on any atom is 0.224 e. The molecule has 2 aromatic carbocycles. The van der Waals surface area contributed by atoms with Crippen molar-refractivity contribution in [1.29, 1.82) is 0 Å². The Morgan fingerprint density at radius 3 is 2.62 bits per heavy atom. The van der Waals surface area contributed by atoms with Crippen molar-refractivity contribution in [2.45, 2.75) is 25.8 Å². The quantitative estimate of drug-likeness (QED) is 0.574. The molecule has 0 unspecified atom stereocenters. The fourth-order valence-corrected chi connectivity index (χ4v) is 3.42. The molecule has 0 aliphatic rings. The minimum absolute atomic E-state index is 0.0189. The predicted molar refractivity (Wildman–Crippen MR) is 116 cm³/mol. The van der Waals surface area contributed by atoms with Crippen LogP contribution in [0.5, 0.6) is 5.75 Å². The highest BCUT2D eigenvalue weighted by Gasteiger charge is 2.11. The van der Waals surface area contributed by atoms with E-state index in [4.69, 9.17) is 9.72 Å². The molecule has 6 heteroatoms. The van der Waals surface area contributed by atoms with Gasteiger partial charge in [-0.2, -0.15) is 0 Å². The zero-order valence-corrected chi connectivity index (χ0v) is 17.5. The van der Waals surface area contributed by atoms with Crippen molar-refractivity contribution >= 4 is 16.9 Å². The summed E-state index contributed by atoms with van der Waals surface area (Å²) < 4.78 is 7.44. The number of methoxy groups -OCH3 is 1. The van der Waals surface area contributed by atoms with Crippen molar-refractivity contribution in [2.75, 3.05) is 34.3 Å². The van der Waals surface area contributed by atoms with Gasteiger partial charge in [0.15, 0.2) is 0 Å². The summed E-state index contributed by atoms with van der Waals surface area (Å²) in [7, 11) is 5.81. The van der Waals surface area contributed by atoms with Gasteiger partial charge in [0.2, 0.25) is 5.91 Å². The van der Waals surface area contributed by atoms with E-state index in [0.29, 0.717) is 19.4 Å². The molecule has 1 N–H and O–H groups in total. The number of rotatable bonds is 10. The molecule has 0 fully saturated rings. The average Bonchev–Trinajstić information content (AvgIpc) is 3.06. The summed E-state index contributed by atoms with van der Waals surface area (Å²) in [5.41, 5.74) is 3.14. The molecule has 0 bridgehead atoms. The van der Waals surface area contributed by atoms with Gasteiger partial charge in [-0.05, 0) is 56.9 Å². The van der Waals surface area contributed by atoms with Gasteiger partial charge >= 0.3 is 0 Å². The second-order valence-corrected chi connectivity index (χ2v) is 7.45. The predicted octanol–water partition coefficient (Wildman–Crippen LogP) is 2.90. The number of hydrogen-bond acceptors (Lipinski definition) is 4. The van der Waals surface area contributed by atoms with Gasteiger partial charge in [-0.3, -0.25) is 4.79 Å². The Morgan fingerprint density at radius 1 is 1.14 bits per heavy atom. The molecule has 29 heavy (non-hydrogen) atoms. The second-order valence-electron chi connectivity index (χ2n) is 7.45. The molecule has 0 atom stereocenters. The first kappa shape index (κ1) is 20.9. The summed E-state index contributed by atoms with van der Waals surface area (Å²) in [6.07, 6.45) is 2.14. The highest BCUT2D eigenvalue weighted by molar-refractivity contribution is 5.78. The lowest BCUT2D eigenvalue weighted by atomic mass is 10.1. The van der Waals surface area contributed by atoms with Gasteiger partial charge < -0.3 is 19.5 Å². The first-order valence-electron chi connectivity index (χ1n) is 10.1. The molecule has 0 saturated heterocycles. The fraction of sp³-hybridized carbons (Fsp3) is 0.391. The Labute approximate surface area is 172 Å². The Balaban J connectivity index is 1.58. The molecule has 3 aromatic rings. The van der Waals surface area contributed by atoms with E-state index in [9.17, 15) is 4.79 Å². The maximum atomic E-state index is 12.3. The van der Waals surface area contributed by atoms with Crippen LogP contribution in [-0.2, 0) is 24.2 Å². The molecule has 1 amide bonds. The van der Waals surface area contributed by atoms with Crippen molar-refractivity contribution in [3.63, 3.8) is 0 Å². The van der Waals surface area contributed by atoms with E-state index in [0.717, 1.165) is 47.7 Å². The molecule has 0 aliphatic heterocycles. The SMILES string of the molecule is COc1ccc(CC(=O)NCCc2nc3ccccc3n2CCCN(C)C)cc1. The molecule has 0 radical (unpaired) electrons. The monoisotopic (exact) mass is 394 g/mol. The third kappa shape index (κ3) is 5.81. The third-order valence-electron chi connectivity index (χ3n) is 4.92. The molecule has 0 aliphatic carbocycles. The minimum Gasteiger partial charge on any atom is -0.497 e. The normalized spacial score (nSPS) is 11.2. The Bertz CT molecular complexity index is 932. The lowest BCUT2D eigenvalue weighted by molar-refractivity contribution is -0.120. The number of aromatic nitrogens is 2. The van der Waals surface area contributed by atoms with Crippen LogP contribution >= 0.6 is 0 Å². The van der Waals surface area contributed by atoms with Crippen LogP contribution in [0.15, 0.2) is 48.5 Å². The molecule has 6 nitrogen and oxygen atoms in total. The van der Waals surface area contributed by atoms with Gasteiger partial charge in [0.25, 0.3) is 0 Å². The summed E-state index contributed by atoms with van der Waals surface area (Å²) in [5.74, 6) is 1.84. The van der Waals surface area contributed by atoms with Crippen LogP contribution < -0.4 is 10.1 Å². The summed E-state index contributed by atoms with van der Waals surface area (Å²) >= 11 is 0. The molecular weight excluding hydrogens is 364 g/mol. The van der Waals surface area contributed by atoms with Gasteiger partial charge in [-0.25, -0.2) is 4.98 Å². The zero-order valence-electron chi connectivity index (χ0n) is 17.5. The van der Waals surface area contributed by atoms with Crippen LogP contribution in [0, 0.1) is 0 Å². The van der Waals surface area contributed by atoms with Crippen LogP contribution in [0.1, 0.15) is 17.8 Å². The van der Waals surface area contributed by atoms with Crippen molar-refractivity contribution in [3.05, 3.63) is 59.9 Å². The molecule has 1 aromatic heterocycles. The Kier molecular flexibility index (Phi) is 7.25. The fourth-order valence-electron chi connectivity index (χ4n) is 3.42. The standard InChI is InChI=1S/C23H30N4O2/c1-26(2)15-6-16-27-21-8-5-4-7-20(21)25-22(27)13-14-24-23(28)17-18-9-11-19(29-3)12-10-18/h4-5,7-12H,6,13-17H2,1-3H3,(H,24,28). The zero-order chi connectivity index (χ0) is 20.6. The van der Waals surface area contributed by atoms with Gasteiger partial charge in [0.05, 0.1) is 24.6 Å². The van der Waals surface area contributed by atoms with E-state index in [-0.39, 0.29) is 5.91 Å². The molecule has 1 heterocycles. The number of nitrogens with one attached hydrogen (secondary N) is 1. The Morgan fingerprint density at radius 2 is 1.90 bits per heavy atom. The molecule has 0 saturated carbocycles. The highest BCUT2D eigenvalue weighted by atomic mass is 16.5. The Hall–Kier alpha value is -2.86. The molecule has 0 spiro atoms. The van der Waals surface area contributed by atoms with Crippen LogP contribution in [-0.4, -0.2) is 54.7 Å². The van der Waals surface area contributed by atoms with E-state index in [1.807, 2.05) is 42.5 Å².